The molecular formula is C23H19ClN4O. The van der Waals surface area contributed by atoms with Gasteiger partial charge in [0, 0.05) is 16.3 Å². The largest absolute Gasteiger partial charge is 0.319 e. The molecule has 0 spiro atoms. The number of aryl methyl sites for hydroxylation is 1. The molecule has 0 saturated heterocycles. The van der Waals surface area contributed by atoms with Gasteiger partial charge in [-0.3, -0.25) is 4.79 Å². The molecule has 1 heterocycles. The summed E-state index contributed by atoms with van der Waals surface area (Å²) in [7, 11) is 0. The Bertz CT molecular complexity index is 1120. The Morgan fingerprint density at radius 3 is 2.31 bits per heavy atom. The van der Waals surface area contributed by atoms with Crippen molar-refractivity contribution < 1.29 is 4.79 Å². The second-order valence-corrected chi connectivity index (χ2v) is 6.95. The Balaban J connectivity index is 1.70. The van der Waals surface area contributed by atoms with Crippen LogP contribution in [0.1, 0.15) is 23.1 Å². The highest BCUT2D eigenvalue weighted by Crippen LogP contribution is 2.22. The molecule has 4 rings (SSSR count). The lowest BCUT2D eigenvalue weighted by atomic mass is 10.1. The van der Waals surface area contributed by atoms with E-state index >= 15 is 0 Å². The molecule has 0 saturated carbocycles. The summed E-state index contributed by atoms with van der Waals surface area (Å²) in [6.45, 7) is 2.09. The van der Waals surface area contributed by atoms with Crippen LogP contribution in [0.3, 0.4) is 0 Å². The van der Waals surface area contributed by atoms with Crippen molar-refractivity contribution in [2.24, 2.45) is 0 Å². The number of aromatic nitrogens is 3. The molecule has 1 N–H and O–H groups in total. The molecular weight excluding hydrogens is 384 g/mol. The van der Waals surface area contributed by atoms with E-state index in [2.05, 4.69) is 22.3 Å². The molecule has 0 atom stereocenters. The first-order valence-electron chi connectivity index (χ1n) is 9.33. The van der Waals surface area contributed by atoms with Gasteiger partial charge < -0.3 is 5.32 Å². The van der Waals surface area contributed by atoms with Crippen LogP contribution in [-0.4, -0.2) is 20.7 Å². The Morgan fingerprint density at radius 2 is 1.66 bits per heavy atom. The predicted octanol–water partition coefficient (Wildman–Crippen LogP) is 5.40. The van der Waals surface area contributed by atoms with Crippen LogP contribution in [0.2, 0.25) is 5.02 Å². The van der Waals surface area contributed by atoms with Crippen LogP contribution < -0.4 is 5.32 Å². The fourth-order valence-electron chi connectivity index (χ4n) is 2.96. The molecule has 3 aromatic carbocycles. The highest BCUT2D eigenvalue weighted by Gasteiger charge is 2.19. The fourth-order valence-corrected chi connectivity index (χ4v) is 3.08. The summed E-state index contributed by atoms with van der Waals surface area (Å²) in [6, 6.07) is 24.6. The monoisotopic (exact) mass is 402 g/mol. The van der Waals surface area contributed by atoms with Gasteiger partial charge in [0.1, 0.15) is 0 Å². The highest BCUT2D eigenvalue weighted by molar-refractivity contribution is 6.30. The van der Waals surface area contributed by atoms with Crippen LogP contribution in [0, 0.1) is 0 Å². The lowest BCUT2D eigenvalue weighted by Gasteiger charge is -2.05. The van der Waals surface area contributed by atoms with E-state index < -0.39 is 0 Å². The summed E-state index contributed by atoms with van der Waals surface area (Å²) in [4.78, 5) is 17.3. The third kappa shape index (κ3) is 4.20. The summed E-state index contributed by atoms with van der Waals surface area (Å²) in [5, 5.41) is 7.96. The number of halogens is 1. The van der Waals surface area contributed by atoms with E-state index in [0.717, 1.165) is 17.7 Å². The molecule has 0 aliphatic carbocycles. The highest BCUT2D eigenvalue weighted by atomic mass is 35.5. The van der Waals surface area contributed by atoms with Gasteiger partial charge in [0.05, 0.1) is 5.69 Å². The van der Waals surface area contributed by atoms with Crippen LogP contribution in [-0.2, 0) is 6.42 Å². The molecule has 144 valence electrons. The number of anilines is 1. The molecule has 5 nitrogen and oxygen atoms in total. The molecule has 0 aliphatic rings. The summed E-state index contributed by atoms with van der Waals surface area (Å²) < 4.78 is 1.65. The number of hydrogen-bond acceptors (Lipinski definition) is 3. The van der Waals surface area contributed by atoms with Gasteiger partial charge in [-0.25, -0.2) is 9.67 Å². The van der Waals surface area contributed by atoms with Crippen LogP contribution in [0.5, 0.6) is 0 Å². The summed E-state index contributed by atoms with van der Waals surface area (Å²) in [5.41, 5.74) is 3.55. The molecule has 0 bridgehead atoms. The molecule has 29 heavy (non-hydrogen) atoms. The van der Waals surface area contributed by atoms with E-state index in [1.807, 2.05) is 66.7 Å². The summed E-state index contributed by atoms with van der Waals surface area (Å²) in [5.74, 6) is 0.317. The maximum Gasteiger partial charge on any atom is 0.295 e. The third-order valence-corrected chi connectivity index (χ3v) is 4.79. The van der Waals surface area contributed by atoms with E-state index in [-0.39, 0.29) is 11.7 Å². The predicted molar refractivity (Wildman–Crippen MR) is 116 cm³/mol. The van der Waals surface area contributed by atoms with Crippen LogP contribution in [0.15, 0.2) is 78.9 Å². The Labute approximate surface area is 174 Å². The van der Waals surface area contributed by atoms with Crippen LogP contribution >= 0.6 is 11.6 Å². The van der Waals surface area contributed by atoms with Crippen molar-refractivity contribution in [1.82, 2.24) is 14.8 Å². The minimum absolute atomic E-state index is 0.0957. The normalized spacial score (nSPS) is 10.7. The Morgan fingerprint density at radius 1 is 0.966 bits per heavy atom. The molecule has 1 aromatic heterocycles. The molecule has 0 aliphatic heterocycles. The van der Waals surface area contributed by atoms with Crippen LogP contribution in [0.25, 0.3) is 17.1 Å². The second-order valence-electron chi connectivity index (χ2n) is 6.52. The second kappa shape index (κ2) is 8.29. The molecule has 6 heteroatoms. The van der Waals surface area contributed by atoms with E-state index in [9.17, 15) is 4.79 Å². The van der Waals surface area contributed by atoms with Gasteiger partial charge in [-0.1, -0.05) is 61.0 Å². The lowest BCUT2D eigenvalue weighted by Crippen LogP contribution is -2.14. The number of nitrogens with zero attached hydrogens (tertiary/aromatic N) is 3. The molecule has 4 aromatic rings. The van der Waals surface area contributed by atoms with E-state index in [1.54, 1.807) is 16.8 Å². The minimum Gasteiger partial charge on any atom is -0.319 e. The number of nitrogens with one attached hydrogen (secondary N) is 1. The Hall–Kier alpha value is -3.44. The zero-order chi connectivity index (χ0) is 20.2. The first kappa shape index (κ1) is 18.9. The number of carbonyl (C=O) groups excluding carboxylic acids is 1. The zero-order valence-electron chi connectivity index (χ0n) is 15.8. The average molecular weight is 403 g/mol. The number of carbonyl (C=O) groups is 1. The topological polar surface area (TPSA) is 59.8 Å². The SMILES string of the molecule is CCc1ccc(NC(=O)c2nc(-c3ccccc3)n(-c3ccc(Cl)cc3)n2)cc1. The van der Waals surface area contributed by atoms with Crippen molar-refractivity contribution in [3.8, 4) is 17.1 Å². The van der Waals surface area contributed by atoms with Gasteiger partial charge in [0.2, 0.25) is 5.82 Å². The van der Waals surface area contributed by atoms with Crippen molar-refractivity contribution in [3.05, 3.63) is 95.3 Å². The molecule has 0 unspecified atom stereocenters. The average Bonchev–Trinajstić information content (AvgIpc) is 3.21. The lowest BCUT2D eigenvalue weighted by molar-refractivity contribution is 0.101. The molecule has 0 fully saturated rings. The van der Waals surface area contributed by atoms with Gasteiger partial charge in [0.25, 0.3) is 5.91 Å². The first-order valence-corrected chi connectivity index (χ1v) is 9.70. The van der Waals surface area contributed by atoms with Gasteiger partial charge in [-0.05, 0) is 48.4 Å². The number of benzene rings is 3. The zero-order valence-corrected chi connectivity index (χ0v) is 16.6. The number of rotatable bonds is 5. The number of amides is 1. The smallest absolute Gasteiger partial charge is 0.295 e. The van der Waals surface area contributed by atoms with Crippen molar-refractivity contribution in [2.75, 3.05) is 5.32 Å². The van der Waals surface area contributed by atoms with Crippen LogP contribution in [0.4, 0.5) is 5.69 Å². The van der Waals surface area contributed by atoms with Gasteiger partial charge >= 0.3 is 0 Å². The van der Waals surface area contributed by atoms with Gasteiger partial charge in [-0.2, -0.15) is 0 Å². The molecule has 1 amide bonds. The minimum atomic E-state index is -0.362. The van der Waals surface area contributed by atoms with Gasteiger partial charge in [0.15, 0.2) is 5.82 Å². The standard InChI is InChI=1S/C23H19ClN4O/c1-2-16-8-12-19(13-9-16)25-23(29)21-26-22(17-6-4-3-5-7-17)28(27-21)20-14-10-18(24)11-15-20/h3-15H,2H2,1H3,(H,25,29). The summed E-state index contributed by atoms with van der Waals surface area (Å²) in [6.07, 6.45) is 0.946. The maximum absolute atomic E-state index is 12.8. The quantitative estimate of drug-likeness (QED) is 0.486. The van der Waals surface area contributed by atoms with Crippen molar-refractivity contribution in [2.45, 2.75) is 13.3 Å². The summed E-state index contributed by atoms with van der Waals surface area (Å²) >= 11 is 6.01. The number of hydrogen-bond donors (Lipinski definition) is 1. The Kier molecular flexibility index (Phi) is 5.40. The first-order chi connectivity index (χ1) is 14.1. The van der Waals surface area contributed by atoms with E-state index in [4.69, 9.17) is 11.6 Å². The maximum atomic E-state index is 12.8. The van der Waals surface area contributed by atoms with Crippen molar-refractivity contribution in [3.63, 3.8) is 0 Å². The van der Waals surface area contributed by atoms with E-state index in [1.165, 1.54) is 5.56 Å². The van der Waals surface area contributed by atoms with E-state index in [0.29, 0.717) is 16.5 Å². The van der Waals surface area contributed by atoms with Crippen molar-refractivity contribution in [1.29, 1.82) is 0 Å². The third-order valence-electron chi connectivity index (χ3n) is 4.53. The fraction of sp³-hybridized carbons (Fsp3) is 0.0870. The van der Waals surface area contributed by atoms with Crippen molar-refractivity contribution >= 4 is 23.2 Å². The molecule has 0 radical (unpaired) electrons. The van der Waals surface area contributed by atoms with Gasteiger partial charge in [-0.15, -0.1) is 5.10 Å².